The quantitative estimate of drug-likeness (QED) is 0.858. The number of nitrogens with one attached hydrogen (secondary N) is 1. The average Bonchev–Trinajstić information content (AvgIpc) is 2.66. The van der Waals surface area contributed by atoms with Crippen molar-refractivity contribution >= 4 is 10.2 Å². The molecular formula is C14H29N3O2S. The van der Waals surface area contributed by atoms with Crippen LogP contribution in [0.4, 0.5) is 0 Å². The smallest absolute Gasteiger partial charge is 0.281 e. The lowest BCUT2D eigenvalue weighted by molar-refractivity contribution is 0.296. The van der Waals surface area contributed by atoms with Crippen molar-refractivity contribution in [2.75, 3.05) is 27.2 Å². The van der Waals surface area contributed by atoms with Gasteiger partial charge in [0.1, 0.15) is 0 Å². The molecule has 118 valence electrons. The van der Waals surface area contributed by atoms with Gasteiger partial charge in [0.05, 0.1) is 0 Å². The zero-order valence-corrected chi connectivity index (χ0v) is 13.7. The molecule has 1 N–H and O–H groups in total. The van der Waals surface area contributed by atoms with Crippen LogP contribution in [0.2, 0.25) is 0 Å². The van der Waals surface area contributed by atoms with Gasteiger partial charge in [-0.3, -0.25) is 0 Å². The largest absolute Gasteiger partial charge is 0.310 e. The van der Waals surface area contributed by atoms with E-state index in [1.165, 1.54) is 36.4 Å². The van der Waals surface area contributed by atoms with Gasteiger partial charge in [0.2, 0.25) is 0 Å². The second-order valence-corrected chi connectivity index (χ2v) is 8.48. The van der Waals surface area contributed by atoms with Crippen LogP contribution in [0.3, 0.4) is 0 Å². The van der Waals surface area contributed by atoms with E-state index >= 15 is 0 Å². The SMILES string of the molecule is CN(C)S(=O)(=O)N1CCCCC(NC2CCCCC2)C1. The molecule has 1 aliphatic carbocycles. The molecule has 0 bridgehead atoms. The van der Waals surface area contributed by atoms with Crippen LogP contribution in [0.1, 0.15) is 51.4 Å². The molecule has 6 heteroatoms. The van der Waals surface area contributed by atoms with Gasteiger partial charge in [-0.1, -0.05) is 25.7 Å². The molecule has 0 radical (unpaired) electrons. The summed E-state index contributed by atoms with van der Waals surface area (Å²) < 4.78 is 27.6. The first-order valence-corrected chi connectivity index (χ1v) is 9.33. The summed E-state index contributed by atoms with van der Waals surface area (Å²) in [7, 11) is -0.0406. The second kappa shape index (κ2) is 7.20. The molecule has 0 aromatic rings. The maximum atomic E-state index is 12.3. The van der Waals surface area contributed by atoms with E-state index in [-0.39, 0.29) is 0 Å². The first-order valence-electron chi connectivity index (χ1n) is 7.94. The Labute approximate surface area is 123 Å². The predicted molar refractivity (Wildman–Crippen MR) is 81.8 cm³/mol. The van der Waals surface area contributed by atoms with Crippen molar-refractivity contribution in [3.8, 4) is 0 Å². The van der Waals surface area contributed by atoms with Crippen LogP contribution in [0.15, 0.2) is 0 Å². The highest BCUT2D eigenvalue weighted by molar-refractivity contribution is 7.86. The van der Waals surface area contributed by atoms with Crippen LogP contribution >= 0.6 is 0 Å². The van der Waals surface area contributed by atoms with Crippen LogP contribution in [0, 0.1) is 0 Å². The standard InChI is InChI=1S/C14H29N3O2S/c1-16(2)20(18,19)17-11-7-6-10-14(12-17)15-13-8-4-3-5-9-13/h13-15H,3-12H2,1-2H3. The van der Waals surface area contributed by atoms with Crippen LogP contribution < -0.4 is 5.32 Å². The molecule has 0 aromatic carbocycles. The Morgan fingerprint density at radius 3 is 2.20 bits per heavy atom. The minimum absolute atomic E-state index is 0.315. The first kappa shape index (κ1) is 16.2. The fourth-order valence-corrected chi connectivity index (χ4v) is 4.48. The van der Waals surface area contributed by atoms with E-state index in [4.69, 9.17) is 0 Å². The third-order valence-electron chi connectivity index (χ3n) is 4.50. The summed E-state index contributed by atoms with van der Waals surface area (Å²) in [5.41, 5.74) is 0. The van der Waals surface area contributed by atoms with E-state index in [9.17, 15) is 8.42 Å². The second-order valence-electron chi connectivity index (χ2n) is 6.34. The zero-order chi connectivity index (χ0) is 14.6. The minimum Gasteiger partial charge on any atom is -0.310 e. The zero-order valence-electron chi connectivity index (χ0n) is 12.8. The van der Waals surface area contributed by atoms with Crippen molar-refractivity contribution in [2.45, 2.75) is 63.5 Å². The normalized spacial score (nSPS) is 27.6. The lowest BCUT2D eigenvalue weighted by atomic mass is 9.94. The molecule has 5 nitrogen and oxygen atoms in total. The summed E-state index contributed by atoms with van der Waals surface area (Å²) >= 11 is 0. The number of hydrogen-bond donors (Lipinski definition) is 1. The summed E-state index contributed by atoms with van der Waals surface area (Å²) in [6, 6.07) is 0.908. The Hall–Kier alpha value is -0.170. The van der Waals surface area contributed by atoms with Crippen molar-refractivity contribution in [2.24, 2.45) is 0 Å². The van der Waals surface area contributed by atoms with Crippen molar-refractivity contribution in [3.05, 3.63) is 0 Å². The van der Waals surface area contributed by atoms with Crippen LogP contribution in [-0.4, -0.2) is 56.3 Å². The molecule has 1 aliphatic heterocycles. The van der Waals surface area contributed by atoms with Crippen molar-refractivity contribution in [3.63, 3.8) is 0 Å². The molecule has 20 heavy (non-hydrogen) atoms. The van der Waals surface area contributed by atoms with Crippen LogP contribution in [-0.2, 0) is 10.2 Å². The Morgan fingerprint density at radius 1 is 0.950 bits per heavy atom. The molecule has 0 spiro atoms. The monoisotopic (exact) mass is 303 g/mol. The first-order chi connectivity index (χ1) is 9.50. The van der Waals surface area contributed by atoms with E-state index in [0.717, 1.165) is 19.3 Å². The van der Waals surface area contributed by atoms with Crippen molar-refractivity contribution < 1.29 is 8.42 Å². The maximum absolute atomic E-state index is 12.3. The molecule has 1 saturated carbocycles. The Morgan fingerprint density at radius 2 is 1.55 bits per heavy atom. The van der Waals surface area contributed by atoms with Gasteiger partial charge >= 0.3 is 0 Å². The third kappa shape index (κ3) is 4.16. The van der Waals surface area contributed by atoms with E-state index in [1.54, 1.807) is 18.4 Å². The summed E-state index contributed by atoms with van der Waals surface area (Å²) in [6.45, 7) is 1.28. The van der Waals surface area contributed by atoms with E-state index < -0.39 is 10.2 Å². The predicted octanol–water partition coefficient (Wildman–Crippen LogP) is 1.57. The molecule has 1 heterocycles. The highest BCUT2D eigenvalue weighted by Crippen LogP contribution is 2.21. The molecule has 0 aromatic heterocycles. The average molecular weight is 303 g/mol. The fraction of sp³-hybridized carbons (Fsp3) is 1.00. The molecule has 2 fully saturated rings. The Bertz CT molecular complexity index is 391. The topological polar surface area (TPSA) is 52.7 Å². The summed E-state index contributed by atoms with van der Waals surface area (Å²) in [4.78, 5) is 0. The van der Waals surface area contributed by atoms with Gasteiger partial charge in [-0.2, -0.15) is 17.0 Å². The Balaban J connectivity index is 1.96. The van der Waals surface area contributed by atoms with E-state index in [1.807, 2.05) is 0 Å². The lowest BCUT2D eigenvalue weighted by Crippen LogP contribution is -2.49. The molecule has 1 atom stereocenters. The number of rotatable bonds is 4. The molecule has 2 aliphatic rings. The van der Waals surface area contributed by atoms with Gasteiger partial charge < -0.3 is 5.32 Å². The maximum Gasteiger partial charge on any atom is 0.281 e. The van der Waals surface area contributed by atoms with Crippen LogP contribution in [0.25, 0.3) is 0 Å². The Kier molecular flexibility index (Phi) is 5.84. The van der Waals surface area contributed by atoms with Gasteiger partial charge in [-0.15, -0.1) is 0 Å². The van der Waals surface area contributed by atoms with E-state index in [2.05, 4.69) is 5.32 Å². The van der Waals surface area contributed by atoms with Crippen molar-refractivity contribution in [1.82, 2.24) is 13.9 Å². The van der Waals surface area contributed by atoms with Gasteiger partial charge in [0.25, 0.3) is 10.2 Å². The summed E-state index contributed by atoms with van der Waals surface area (Å²) in [5.74, 6) is 0. The third-order valence-corrected chi connectivity index (χ3v) is 6.41. The molecule has 1 saturated heterocycles. The summed E-state index contributed by atoms with van der Waals surface area (Å²) in [6.07, 6.45) is 9.64. The molecule has 2 rings (SSSR count). The molecule has 0 amide bonds. The minimum atomic E-state index is -3.27. The van der Waals surface area contributed by atoms with Gasteiger partial charge in [-0.25, -0.2) is 0 Å². The lowest BCUT2D eigenvalue weighted by Gasteiger charge is -2.31. The van der Waals surface area contributed by atoms with Gasteiger partial charge in [-0.05, 0) is 25.7 Å². The molecular weight excluding hydrogens is 274 g/mol. The summed E-state index contributed by atoms with van der Waals surface area (Å²) in [5, 5.41) is 3.71. The van der Waals surface area contributed by atoms with Crippen molar-refractivity contribution in [1.29, 1.82) is 0 Å². The number of hydrogen-bond acceptors (Lipinski definition) is 3. The highest BCUT2D eigenvalue weighted by Gasteiger charge is 2.30. The van der Waals surface area contributed by atoms with E-state index in [0.29, 0.717) is 25.2 Å². The van der Waals surface area contributed by atoms with Gasteiger partial charge in [0.15, 0.2) is 0 Å². The molecule has 1 unspecified atom stereocenters. The highest BCUT2D eigenvalue weighted by atomic mass is 32.2. The number of nitrogens with zero attached hydrogens (tertiary/aromatic N) is 2. The van der Waals surface area contributed by atoms with Gasteiger partial charge in [0, 0.05) is 39.3 Å². The van der Waals surface area contributed by atoms with Crippen LogP contribution in [0.5, 0.6) is 0 Å². The fourth-order valence-electron chi connectivity index (χ4n) is 3.29.